The monoisotopic (exact) mass is 262 g/mol. The highest BCUT2D eigenvalue weighted by atomic mass is 16.5. The Labute approximate surface area is 112 Å². The summed E-state index contributed by atoms with van der Waals surface area (Å²) in [6, 6.07) is 5.84. The van der Waals surface area contributed by atoms with Gasteiger partial charge in [0.05, 0.1) is 32.7 Å². The van der Waals surface area contributed by atoms with Gasteiger partial charge in [0.15, 0.2) is 11.5 Å². The molecule has 1 aromatic carbocycles. The molecule has 19 heavy (non-hydrogen) atoms. The van der Waals surface area contributed by atoms with Crippen molar-refractivity contribution in [3.05, 3.63) is 23.9 Å². The largest absolute Gasteiger partial charge is 0.493 e. The van der Waals surface area contributed by atoms with E-state index >= 15 is 0 Å². The van der Waals surface area contributed by atoms with Gasteiger partial charge in [0.25, 0.3) is 0 Å². The van der Waals surface area contributed by atoms with Crippen LogP contribution in [0.2, 0.25) is 0 Å². The molecular weight excluding hydrogens is 244 g/mol. The van der Waals surface area contributed by atoms with E-state index in [1.54, 1.807) is 21.3 Å². The Morgan fingerprint density at radius 2 is 1.53 bits per heavy atom. The van der Waals surface area contributed by atoms with Gasteiger partial charge in [0, 0.05) is 12.6 Å². The van der Waals surface area contributed by atoms with Crippen LogP contribution in [-0.4, -0.2) is 31.1 Å². The molecule has 0 atom stereocenters. The molecule has 1 heterocycles. The summed E-state index contributed by atoms with van der Waals surface area (Å²) in [5.41, 5.74) is 2.93. The first-order valence-electron chi connectivity index (χ1n) is 5.91. The van der Waals surface area contributed by atoms with Crippen LogP contribution in [0.5, 0.6) is 17.2 Å². The molecule has 0 bridgehead atoms. The molecule has 0 unspecified atom stereocenters. The first kappa shape index (κ1) is 13.3. The highest BCUT2D eigenvalue weighted by molar-refractivity contribution is 5.69. The number of rotatable bonds is 4. The molecule has 0 amide bonds. The zero-order valence-electron chi connectivity index (χ0n) is 11.9. The van der Waals surface area contributed by atoms with Gasteiger partial charge in [-0.3, -0.25) is 4.68 Å². The van der Waals surface area contributed by atoms with Crippen LogP contribution in [-0.2, 0) is 7.05 Å². The maximum Gasteiger partial charge on any atom is 0.203 e. The average molecular weight is 262 g/mol. The van der Waals surface area contributed by atoms with Crippen molar-refractivity contribution in [3.8, 4) is 28.5 Å². The molecule has 2 rings (SSSR count). The van der Waals surface area contributed by atoms with Crippen molar-refractivity contribution in [2.24, 2.45) is 7.05 Å². The van der Waals surface area contributed by atoms with Gasteiger partial charge in [-0.25, -0.2) is 0 Å². The number of hydrogen-bond acceptors (Lipinski definition) is 4. The number of nitrogens with zero attached hydrogens (tertiary/aromatic N) is 2. The maximum atomic E-state index is 5.35. The van der Waals surface area contributed by atoms with E-state index < -0.39 is 0 Å². The number of hydrogen-bond donors (Lipinski definition) is 0. The van der Waals surface area contributed by atoms with Crippen molar-refractivity contribution in [1.29, 1.82) is 0 Å². The van der Waals surface area contributed by atoms with Crippen LogP contribution in [0.1, 0.15) is 5.69 Å². The number of benzene rings is 1. The highest BCUT2D eigenvalue weighted by Gasteiger charge is 2.15. The van der Waals surface area contributed by atoms with E-state index in [1.165, 1.54) is 0 Å². The molecule has 0 aliphatic rings. The summed E-state index contributed by atoms with van der Waals surface area (Å²) in [6.07, 6.45) is 0. The minimum Gasteiger partial charge on any atom is -0.493 e. The van der Waals surface area contributed by atoms with Crippen LogP contribution in [0.15, 0.2) is 18.2 Å². The predicted molar refractivity (Wildman–Crippen MR) is 73.0 cm³/mol. The fourth-order valence-corrected chi connectivity index (χ4v) is 2.11. The molecule has 5 heteroatoms. The summed E-state index contributed by atoms with van der Waals surface area (Å²) in [5, 5.41) is 4.34. The van der Waals surface area contributed by atoms with Crippen LogP contribution >= 0.6 is 0 Å². The normalized spacial score (nSPS) is 10.4. The molecule has 0 radical (unpaired) electrons. The van der Waals surface area contributed by atoms with Gasteiger partial charge in [-0.2, -0.15) is 5.10 Å². The molecule has 5 nitrogen and oxygen atoms in total. The second kappa shape index (κ2) is 5.22. The third-order valence-electron chi connectivity index (χ3n) is 2.96. The van der Waals surface area contributed by atoms with Crippen LogP contribution in [0, 0.1) is 6.92 Å². The fraction of sp³-hybridized carbons (Fsp3) is 0.357. The third kappa shape index (κ3) is 2.36. The minimum atomic E-state index is 0.590. The van der Waals surface area contributed by atoms with Crippen molar-refractivity contribution < 1.29 is 14.2 Å². The lowest BCUT2D eigenvalue weighted by molar-refractivity contribution is 0.324. The molecule has 0 fully saturated rings. The summed E-state index contributed by atoms with van der Waals surface area (Å²) in [4.78, 5) is 0. The molecule has 2 aromatic rings. The average Bonchev–Trinajstić information content (AvgIpc) is 2.75. The van der Waals surface area contributed by atoms with E-state index in [4.69, 9.17) is 14.2 Å². The van der Waals surface area contributed by atoms with E-state index in [0.717, 1.165) is 17.0 Å². The summed E-state index contributed by atoms with van der Waals surface area (Å²) in [7, 11) is 6.71. The Balaban J connectivity index is 2.62. The van der Waals surface area contributed by atoms with E-state index in [-0.39, 0.29) is 0 Å². The van der Waals surface area contributed by atoms with Gasteiger partial charge >= 0.3 is 0 Å². The van der Waals surface area contributed by atoms with Crippen molar-refractivity contribution in [2.45, 2.75) is 6.92 Å². The second-order valence-electron chi connectivity index (χ2n) is 4.21. The van der Waals surface area contributed by atoms with E-state index in [2.05, 4.69) is 5.10 Å². The van der Waals surface area contributed by atoms with Crippen molar-refractivity contribution in [3.63, 3.8) is 0 Å². The maximum absolute atomic E-state index is 5.35. The number of methoxy groups -OCH3 is 3. The lowest BCUT2D eigenvalue weighted by Gasteiger charge is -2.14. The highest BCUT2D eigenvalue weighted by Crippen LogP contribution is 2.41. The van der Waals surface area contributed by atoms with Gasteiger partial charge in [-0.05, 0) is 25.1 Å². The van der Waals surface area contributed by atoms with Crippen molar-refractivity contribution in [1.82, 2.24) is 9.78 Å². The van der Waals surface area contributed by atoms with Crippen molar-refractivity contribution in [2.75, 3.05) is 21.3 Å². The zero-order valence-corrected chi connectivity index (χ0v) is 11.9. The molecule has 0 aliphatic carbocycles. The smallest absolute Gasteiger partial charge is 0.203 e. The van der Waals surface area contributed by atoms with E-state index in [0.29, 0.717) is 17.2 Å². The summed E-state index contributed by atoms with van der Waals surface area (Å²) >= 11 is 0. The Morgan fingerprint density at radius 1 is 0.947 bits per heavy atom. The SMILES string of the molecule is COc1cc(-c2cc(C)nn2C)cc(OC)c1OC. The summed E-state index contributed by atoms with van der Waals surface area (Å²) < 4.78 is 17.8. The molecule has 0 saturated heterocycles. The van der Waals surface area contributed by atoms with E-state index in [9.17, 15) is 0 Å². The van der Waals surface area contributed by atoms with Crippen LogP contribution in [0.25, 0.3) is 11.3 Å². The van der Waals surface area contributed by atoms with Gasteiger partial charge in [0.2, 0.25) is 5.75 Å². The molecule has 0 N–H and O–H groups in total. The third-order valence-corrected chi connectivity index (χ3v) is 2.96. The quantitative estimate of drug-likeness (QED) is 0.849. The predicted octanol–water partition coefficient (Wildman–Crippen LogP) is 2.42. The summed E-state index contributed by atoms with van der Waals surface area (Å²) in [6.45, 7) is 1.96. The fourth-order valence-electron chi connectivity index (χ4n) is 2.11. The second-order valence-corrected chi connectivity index (χ2v) is 4.21. The minimum absolute atomic E-state index is 0.590. The number of ether oxygens (including phenoxy) is 3. The van der Waals surface area contributed by atoms with Gasteiger partial charge < -0.3 is 14.2 Å². The molecular formula is C14H18N2O3. The molecule has 0 aliphatic heterocycles. The number of aryl methyl sites for hydroxylation is 2. The standard InChI is InChI=1S/C14H18N2O3/c1-9-6-11(16(2)15-9)10-7-12(17-3)14(19-5)13(8-10)18-4/h6-8H,1-5H3. The van der Waals surface area contributed by atoms with Crippen LogP contribution in [0.4, 0.5) is 0 Å². The Bertz CT molecular complexity index is 565. The van der Waals surface area contributed by atoms with Crippen LogP contribution in [0.3, 0.4) is 0 Å². The number of aromatic nitrogens is 2. The Hall–Kier alpha value is -2.17. The summed E-state index contributed by atoms with van der Waals surface area (Å²) in [5.74, 6) is 1.86. The first-order valence-corrected chi connectivity index (χ1v) is 5.91. The Kier molecular flexibility index (Phi) is 3.64. The molecule has 0 saturated carbocycles. The molecule has 1 aromatic heterocycles. The van der Waals surface area contributed by atoms with Gasteiger partial charge in [0.1, 0.15) is 0 Å². The lowest BCUT2D eigenvalue weighted by atomic mass is 10.1. The molecule has 0 spiro atoms. The Morgan fingerprint density at radius 3 is 1.89 bits per heavy atom. The molecule has 102 valence electrons. The van der Waals surface area contributed by atoms with Crippen molar-refractivity contribution >= 4 is 0 Å². The van der Waals surface area contributed by atoms with Crippen LogP contribution < -0.4 is 14.2 Å². The zero-order chi connectivity index (χ0) is 14.0. The first-order chi connectivity index (χ1) is 9.10. The topological polar surface area (TPSA) is 45.5 Å². The van der Waals surface area contributed by atoms with Gasteiger partial charge in [-0.15, -0.1) is 0 Å². The lowest BCUT2D eigenvalue weighted by Crippen LogP contribution is -1.98. The van der Waals surface area contributed by atoms with E-state index in [1.807, 2.05) is 36.9 Å². The van der Waals surface area contributed by atoms with Gasteiger partial charge in [-0.1, -0.05) is 0 Å².